The van der Waals surface area contributed by atoms with Gasteiger partial charge in [0.2, 0.25) is 5.95 Å². The maximum Gasteiger partial charge on any atom is 0.433 e. The van der Waals surface area contributed by atoms with Gasteiger partial charge in [0.15, 0.2) is 5.69 Å². The zero-order chi connectivity index (χ0) is 13.8. The van der Waals surface area contributed by atoms with E-state index in [1.54, 1.807) is 11.9 Å². The van der Waals surface area contributed by atoms with Gasteiger partial charge in [0.25, 0.3) is 0 Å². The third kappa shape index (κ3) is 3.73. The summed E-state index contributed by atoms with van der Waals surface area (Å²) in [5, 5.41) is 2.51. The molecule has 1 N–H and O–H groups in total. The number of methoxy groups -OCH3 is 1. The Morgan fingerprint density at radius 2 is 2.06 bits per heavy atom. The summed E-state index contributed by atoms with van der Waals surface area (Å²) in [6.07, 6.45) is -4.49. The second-order valence-corrected chi connectivity index (χ2v) is 3.60. The van der Waals surface area contributed by atoms with E-state index < -0.39 is 11.9 Å². The molecule has 102 valence electrons. The maximum absolute atomic E-state index is 12.6. The van der Waals surface area contributed by atoms with Gasteiger partial charge in [-0.05, 0) is 0 Å². The molecule has 1 aromatic heterocycles. The lowest BCUT2D eigenvalue weighted by atomic mass is 10.3. The lowest BCUT2D eigenvalue weighted by molar-refractivity contribution is -0.141. The number of hydrogen-bond acceptors (Lipinski definition) is 5. The van der Waals surface area contributed by atoms with Crippen molar-refractivity contribution in [2.45, 2.75) is 6.18 Å². The van der Waals surface area contributed by atoms with Gasteiger partial charge in [-0.1, -0.05) is 0 Å². The van der Waals surface area contributed by atoms with Crippen molar-refractivity contribution in [1.82, 2.24) is 9.97 Å². The predicted octanol–water partition coefficient (Wildman–Crippen LogP) is 1.62. The van der Waals surface area contributed by atoms with E-state index in [-0.39, 0.29) is 11.8 Å². The van der Waals surface area contributed by atoms with Crippen molar-refractivity contribution in [2.75, 3.05) is 44.6 Å². The molecule has 0 aromatic carbocycles. The lowest BCUT2D eigenvalue weighted by Crippen LogP contribution is -2.24. The van der Waals surface area contributed by atoms with Gasteiger partial charge in [0, 0.05) is 33.8 Å². The van der Waals surface area contributed by atoms with Gasteiger partial charge in [-0.15, -0.1) is 0 Å². The van der Waals surface area contributed by atoms with Gasteiger partial charge in [-0.25, -0.2) is 4.98 Å². The number of anilines is 2. The summed E-state index contributed by atoms with van der Waals surface area (Å²) >= 11 is 0. The SMILES string of the molecule is CNc1nc(N(C)CCOC)cc(C(F)(F)F)n1. The van der Waals surface area contributed by atoms with Crippen LogP contribution in [0.2, 0.25) is 0 Å². The molecule has 0 amide bonds. The van der Waals surface area contributed by atoms with Gasteiger partial charge in [0.05, 0.1) is 6.61 Å². The molecule has 0 spiro atoms. The number of ether oxygens (including phenoxy) is 1. The van der Waals surface area contributed by atoms with Crippen LogP contribution < -0.4 is 10.2 Å². The van der Waals surface area contributed by atoms with Crippen LogP contribution >= 0.6 is 0 Å². The summed E-state index contributed by atoms with van der Waals surface area (Å²) in [4.78, 5) is 8.92. The number of aromatic nitrogens is 2. The molecule has 0 fully saturated rings. The molecule has 0 unspecified atom stereocenters. The predicted molar refractivity (Wildman–Crippen MR) is 61.7 cm³/mol. The monoisotopic (exact) mass is 264 g/mol. The minimum atomic E-state index is -4.49. The molecule has 0 aliphatic carbocycles. The molecular weight excluding hydrogens is 249 g/mol. The summed E-state index contributed by atoms with van der Waals surface area (Å²) < 4.78 is 42.8. The number of rotatable bonds is 5. The molecule has 0 aliphatic rings. The summed E-state index contributed by atoms with van der Waals surface area (Å²) in [5.74, 6) is 0.128. The van der Waals surface area contributed by atoms with Crippen LogP contribution in [0.4, 0.5) is 24.9 Å². The third-order valence-electron chi connectivity index (χ3n) is 2.25. The molecule has 1 rings (SSSR count). The van der Waals surface area contributed by atoms with Gasteiger partial charge in [0.1, 0.15) is 5.82 Å². The van der Waals surface area contributed by atoms with Gasteiger partial charge in [-0.2, -0.15) is 18.2 Å². The van der Waals surface area contributed by atoms with E-state index >= 15 is 0 Å². The van der Waals surface area contributed by atoms with Crippen molar-refractivity contribution in [3.8, 4) is 0 Å². The zero-order valence-corrected chi connectivity index (χ0v) is 10.4. The van der Waals surface area contributed by atoms with Crippen LogP contribution in [-0.2, 0) is 10.9 Å². The summed E-state index contributed by atoms with van der Waals surface area (Å²) in [6, 6.07) is 0.913. The smallest absolute Gasteiger partial charge is 0.383 e. The minimum absolute atomic E-state index is 0.0657. The number of nitrogens with one attached hydrogen (secondary N) is 1. The Labute approximate surface area is 103 Å². The van der Waals surface area contributed by atoms with E-state index in [0.29, 0.717) is 13.2 Å². The highest BCUT2D eigenvalue weighted by Gasteiger charge is 2.34. The Kier molecular flexibility index (Phi) is 4.71. The third-order valence-corrected chi connectivity index (χ3v) is 2.25. The Hall–Kier alpha value is -1.57. The first-order valence-corrected chi connectivity index (χ1v) is 5.22. The maximum atomic E-state index is 12.6. The van der Waals surface area contributed by atoms with Crippen molar-refractivity contribution in [3.05, 3.63) is 11.8 Å². The standard InChI is InChI=1S/C10H15F3N4O/c1-14-9-15-7(10(11,12)13)6-8(16-9)17(2)4-5-18-3/h6H,4-5H2,1-3H3,(H,14,15,16). The zero-order valence-electron chi connectivity index (χ0n) is 10.4. The number of likely N-dealkylation sites (N-methyl/N-ethyl adjacent to an activating group) is 1. The van der Waals surface area contributed by atoms with Gasteiger partial charge >= 0.3 is 6.18 Å². The highest BCUT2D eigenvalue weighted by molar-refractivity contribution is 5.44. The van der Waals surface area contributed by atoms with Gasteiger partial charge in [-0.3, -0.25) is 0 Å². The molecule has 0 aliphatic heterocycles. The van der Waals surface area contributed by atoms with E-state index in [2.05, 4.69) is 15.3 Å². The van der Waals surface area contributed by atoms with Crippen LogP contribution in [0.3, 0.4) is 0 Å². The quantitative estimate of drug-likeness (QED) is 0.875. The number of nitrogens with zero attached hydrogens (tertiary/aromatic N) is 3. The largest absolute Gasteiger partial charge is 0.433 e. The Morgan fingerprint density at radius 1 is 1.39 bits per heavy atom. The molecule has 0 saturated heterocycles. The fourth-order valence-electron chi connectivity index (χ4n) is 1.23. The van der Waals surface area contributed by atoms with E-state index in [9.17, 15) is 13.2 Å². The van der Waals surface area contributed by atoms with Crippen molar-refractivity contribution < 1.29 is 17.9 Å². The molecule has 0 atom stereocenters. The van der Waals surface area contributed by atoms with Crippen LogP contribution in [0, 0.1) is 0 Å². The first-order valence-electron chi connectivity index (χ1n) is 5.22. The normalized spacial score (nSPS) is 11.4. The average Bonchev–Trinajstić information content (AvgIpc) is 2.34. The van der Waals surface area contributed by atoms with E-state index in [1.165, 1.54) is 14.2 Å². The average molecular weight is 264 g/mol. The van der Waals surface area contributed by atoms with Crippen molar-refractivity contribution >= 4 is 11.8 Å². The minimum Gasteiger partial charge on any atom is -0.383 e. The lowest BCUT2D eigenvalue weighted by Gasteiger charge is -2.19. The second kappa shape index (κ2) is 5.85. The molecule has 0 saturated carbocycles. The number of alkyl halides is 3. The summed E-state index contributed by atoms with van der Waals surface area (Å²) in [5.41, 5.74) is -0.971. The van der Waals surface area contributed by atoms with E-state index in [4.69, 9.17) is 4.74 Å². The molecule has 5 nitrogen and oxygen atoms in total. The number of halogens is 3. The van der Waals surface area contributed by atoms with Crippen LogP contribution in [-0.4, -0.2) is 44.3 Å². The van der Waals surface area contributed by atoms with Crippen LogP contribution in [0.1, 0.15) is 5.69 Å². The fourth-order valence-corrected chi connectivity index (χ4v) is 1.23. The molecule has 8 heteroatoms. The Morgan fingerprint density at radius 3 is 2.56 bits per heavy atom. The topological polar surface area (TPSA) is 50.3 Å². The molecule has 18 heavy (non-hydrogen) atoms. The first kappa shape index (κ1) is 14.5. The highest BCUT2D eigenvalue weighted by atomic mass is 19.4. The molecule has 0 radical (unpaired) electrons. The Balaban J connectivity index is 3.04. The summed E-state index contributed by atoms with van der Waals surface area (Å²) in [6.45, 7) is 0.838. The fraction of sp³-hybridized carbons (Fsp3) is 0.600. The van der Waals surface area contributed by atoms with Crippen LogP contribution in [0.5, 0.6) is 0 Å². The van der Waals surface area contributed by atoms with Crippen molar-refractivity contribution in [2.24, 2.45) is 0 Å². The highest BCUT2D eigenvalue weighted by Crippen LogP contribution is 2.30. The van der Waals surface area contributed by atoms with Crippen LogP contribution in [0.15, 0.2) is 6.07 Å². The van der Waals surface area contributed by atoms with Gasteiger partial charge < -0.3 is 15.0 Å². The Bertz CT molecular complexity index is 397. The van der Waals surface area contributed by atoms with Crippen molar-refractivity contribution in [1.29, 1.82) is 0 Å². The molecule has 0 bridgehead atoms. The first-order chi connectivity index (χ1) is 8.38. The molecule has 1 aromatic rings. The number of hydrogen-bond donors (Lipinski definition) is 1. The van der Waals surface area contributed by atoms with E-state index in [0.717, 1.165) is 6.07 Å². The van der Waals surface area contributed by atoms with Crippen LogP contribution in [0.25, 0.3) is 0 Å². The van der Waals surface area contributed by atoms with Crippen molar-refractivity contribution in [3.63, 3.8) is 0 Å². The second-order valence-electron chi connectivity index (χ2n) is 3.60. The molecular formula is C10H15F3N4O. The van der Waals surface area contributed by atoms with E-state index in [1.807, 2.05) is 0 Å². The molecule has 1 heterocycles. The summed E-state index contributed by atoms with van der Waals surface area (Å²) in [7, 11) is 4.63.